The SMILES string of the molecule is CC(C)(C)c1cccc2[cH-]c(-c3ccc(-c4ccccc4)o3)cc12.CC(C)(C)c1cccc2[cH-]c(-c3ccc(-c4ccccc4)o3)cc12.[Cl-].[Cl-].[Zr+4]. The van der Waals surface area contributed by atoms with Crippen molar-refractivity contribution in [3.05, 3.63) is 157 Å². The van der Waals surface area contributed by atoms with Gasteiger partial charge in [0.15, 0.2) is 0 Å². The van der Waals surface area contributed by atoms with E-state index in [1.165, 1.54) is 32.7 Å². The molecule has 6 aromatic carbocycles. The summed E-state index contributed by atoms with van der Waals surface area (Å²) >= 11 is 0. The zero-order valence-electron chi connectivity index (χ0n) is 29.9. The maximum atomic E-state index is 6.11. The van der Waals surface area contributed by atoms with Crippen LogP contribution in [0.4, 0.5) is 0 Å². The minimum Gasteiger partial charge on any atom is -1.00 e. The van der Waals surface area contributed by atoms with Crippen LogP contribution in [0.1, 0.15) is 52.7 Å². The Morgan fingerprint density at radius 1 is 0.412 bits per heavy atom. The third kappa shape index (κ3) is 8.61. The van der Waals surface area contributed by atoms with E-state index in [0.717, 1.165) is 45.3 Å². The molecule has 0 atom stereocenters. The topological polar surface area (TPSA) is 26.3 Å². The standard InChI is InChI=1S/2C23H21O.2ClH.Zr/c2*1-23(2,3)20-11-7-10-17-14-18(15-19(17)20)22-13-12-21(24-22)16-8-5-4-6-9-16;;;/h2*4-15H,1-3H3;2*1H;/q2*-1;;;+4/p-2. The number of furan rings is 2. The summed E-state index contributed by atoms with van der Waals surface area (Å²) in [6.45, 7) is 13.6. The molecule has 0 aliphatic carbocycles. The Labute approximate surface area is 333 Å². The Hall–Kier alpha value is -3.88. The van der Waals surface area contributed by atoms with Crippen LogP contribution in [-0.4, -0.2) is 0 Å². The Kier molecular flexibility index (Phi) is 12.7. The van der Waals surface area contributed by atoms with Crippen molar-refractivity contribution in [1.29, 1.82) is 0 Å². The van der Waals surface area contributed by atoms with Crippen LogP contribution in [0.15, 0.2) is 154 Å². The maximum Gasteiger partial charge on any atom is 4.00 e. The molecule has 0 spiro atoms. The van der Waals surface area contributed by atoms with Gasteiger partial charge in [0.05, 0.1) is 11.5 Å². The predicted octanol–water partition coefficient (Wildman–Crippen LogP) is 7.57. The predicted molar refractivity (Wildman–Crippen MR) is 203 cm³/mol. The van der Waals surface area contributed by atoms with Crippen molar-refractivity contribution in [1.82, 2.24) is 0 Å². The summed E-state index contributed by atoms with van der Waals surface area (Å²) in [5, 5.41) is 5.18. The van der Waals surface area contributed by atoms with Crippen molar-refractivity contribution in [3.8, 4) is 45.3 Å². The fourth-order valence-corrected chi connectivity index (χ4v) is 6.56. The summed E-state index contributed by atoms with van der Waals surface area (Å²) in [7, 11) is 0. The smallest absolute Gasteiger partial charge is 1.00 e. The van der Waals surface area contributed by atoms with E-state index in [4.69, 9.17) is 8.83 Å². The molecule has 2 nitrogen and oxygen atoms in total. The zero-order valence-corrected chi connectivity index (χ0v) is 33.9. The fourth-order valence-electron chi connectivity index (χ4n) is 6.56. The molecule has 0 aliphatic rings. The molecule has 5 heteroatoms. The van der Waals surface area contributed by atoms with Gasteiger partial charge in [-0.3, -0.25) is 0 Å². The molecule has 0 radical (unpaired) electrons. The quantitative estimate of drug-likeness (QED) is 0.172. The first-order valence-electron chi connectivity index (χ1n) is 16.8. The molecule has 0 saturated carbocycles. The minimum absolute atomic E-state index is 0. The molecule has 0 aliphatic heterocycles. The molecule has 0 unspecified atom stereocenters. The molecule has 2 heterocycles. The van der Waals surface area contributed by atoms with Crippen LogP contribution in [0, 0.1) is 0 Å². The fraction of sp³-hybridized carbons (Fsp3) is 0.174. The van der Waals surface area contributed by atoms with E-state index in [0.29, 0.717) is 0 Å². The summed E-state index contributed by atoms with van der Waals surface area (Å²) in [5.41, 5.74) is 7.51. The Morgan fingerprint density at radius 3 is 1.12 bits per heavy atom. The summed E-state index contributed by atoms with van der Waals surface area (Å²) in [6.07, 6.45) is 0. The molecule has 0 N–H and O–H groups in total. The second kappa shape index (κ2) is 16.2. The molecule has 2 aromatic heterocycles. The summed E-state index contributed by atoms with van der Waals surface area (Å²) in [5.74, 6) is 3.66. The largest absolute Gasteiger partial charge is 4.00 e. The van der Waals surface area contributed by atoms with Crippen LogP contribution in [0.2, 0.25) is 0 Å². The number of hydrogen-bond donors (Lipinski definition) is 0. The third-order valence-corrected chi connectivity index (χ3v) is 9.02. The van der Waals surface area contributed by atoms with Crippen LogP contribution in [0.25, 0.3) is 66.8 Å². The van der Waals surface area contributed by atoms with Crippen LogP contribution < -0.4 is 24.8 Å². The molecule has 8 aromatic rings. The van der Waals surface area contributed by atoms with Gasteiger partial charge >= 0.3 is 26.2 Å². The molecular weight excluding hydrogens is 747 g/mol. The molecule has 256 valence electrons. The molecule has 51 heavy (non-hydrogen) atoms. The first-order chi connectivity index (χ1) is 23.0. The number of rotatable bonds is 4. The van der Waals surface area contributed by atoms with Crippen molar-refractivity contribution < 1.29 is 59.9 Å². The Balaban J connectivity index is 0.000000216. The molecule has 0 amide bonds. The van der Waals surface area contributed by atoms with Gasteiger partial charge in [-0.25, -0.2) is 0 Å². The minimum atomic E-state index is 0. The van der Waals surface area contributed by atoms with Gasteiger partial charge in [-0.1, -0.05) is 149 Å². The zero-order chi connectivity index (χ0) is 33.5. The number of fused-ring (bicyclic) bond motifs is 2. The van der Waals surface area contributed by atoms with Gasteiger partial charge in [-0.2, -0.15) is 0 Å². The van der Waals surface area contributed by atoms with Crippen molar-refractivity contribution in [2.75, 3.05) is 0 Å². The van der Waals surface area contributed by atoms with E-state index in [1.807, 2.05) is 48.5 Å². The number of hydrogen-bond acceptors (Lipinski definition) is 2. The van der Waals surface area contributed by atoms with Gasteiger partial charge in [0.2, 0.25) is 0 Å². The molecular formula is C46H42Cl2O2Zr. The van der Waals surface area contributed by atoms with Crippen LogP contribution in [0.3, 0.4) is 0 Å². The monoisotopic (exact) mass is 786 g/mol. The molecule has 0 fully saturated rings. The van der Waals surface area contributed by atoms with Crippen molar-refractivity contribution in [2.45, 2.75) is 52.4 Å². The van der Waals surface area contributed by atoms with E-state index in [-0.39, 0.29) is 61.8 Å². The Morgan fingerprint density at radius 2 is 0.765 bits per heavy atom. The van der Waals surface area contributed by atoms with Gasteiger partial charge < -0.3 is 33.6 Å². The maximum absolute atomic E-state index is 6.11. The van der Waals surface area contributed by atoms with E-state index in [2.05, 4.69) is 139 Å². The second-order valence-corrected chi connectivity index (χ2v) is 14.7. The van der Waals surface area contributed by atoms with Crippen LogP contribution >= 0.6 is 0 Å². The number of halogens is 2. The van der Waals surface area contributed by atoms with Gasteiger partial charge in [0.1, 0.15) is 11.5 Å². The summed E-state index contributed by atoms with van der Waals surface area (Å²) in [4.78, 5) is 0. The van der Waals surface area contributed by atoms with E-state index in [1.54, 1.807) is 0 Å². The van der Waals surface area contributed by atoms with E-state index >= 15 is 0 Å². The van der Waals surface area contributed by atoms with Gasteiger partial charge in [-0.05, 0) is 35.1 Å². The van der Waals surface area contributed by atoms with Crippen molar-refractivity contribution in [3.63, 3.8) is 0 Å². The van der Waals surface area contributed by atoms with Gasteiger partial charge in [0.25, 0.3) is 0 Å². The second-order valence-electron chi connectivity index (χ2n) is 14.7. The van der Waals surface area contributed by atoms with Crippen LogP contribution in [0.5, 0.6) is 0 Å². The average Bonchev–Trinajstić information content (AvgIpc) is 3.89. The first-order valence-corrected chi connectivity index (χ1v) is 16.8. The Bertz CT molecular complexity index is 2140. The van der Waals surface area contributed by atoms with Gasteiger partial charge in [0, 0.05) is 11.1 Å². The van der Waals surface area contributed by atoms with Crippen LogP contribution in [-0.2, 0) is 37.0 Å². The van der Waals surface area contributed by atoms with E-state index < -0.39 is 0 Å². The first kappa shape index (κ1) is 39.9. The molecule has 8 rings (SSSR count). The number of benzene rings is 4. The van der Waals surface area contributed by atoms with Crippen molar-refractivity contribution >= 4 is 21.5 Å². The molecule has 0 bridgehead atoms. The summed E-state index contributed by atoms with van der Waals surface area (Å²) in [6, 6.07) is 50.7. The average molecular weight is 789 g/mol. The summed E-state index contributed by atoms with van der Waals surface area (Å²) < 4.78 is 12.2. The molecule has 0 saturated heterocycles. The normalized spacial score (nSPS) is 11.3. The van der Waals surface area contributed by atoms with E-state index in [9.17, 15) is 0 Å². The van der Waals surface area contributed by atoms with Crippen molar-refractivity contribution in [2.24, 2.45) is 0 Å². The third-order valence-electron chi connectivity index (χ3n) is 9.02. The van der Waals surface area contributed by atoms with Gasteiger partial charge in [-0.15, -0.1) is 57.9 Å².